The predicted octanol–water partition coefficient (Wildman–Crippen LogP) is 2.23. The van der Waals surface area contributed by atoms with E-state index in [4.69, 9.17) is 0 Å². The van der Waals surface area contributed by atoms with Crippen molar-refractivity contribution in [2.75, 3.05) is 5.43 Å². The second-order valence-electron chi connectivity index (χ2n) is 2.91. The quantitative estimate of drug-likeness (QED) is 0.751. The largest absolute Gasteiger partial charge is 0.322 e. The second kappa shape index (κ2) is 3.81. The zero-order valence-electron chi connectivity index (χ0n) is 7.35. The summed E-state index contributed by atoms with van der Waals surface area (Å²) in [6.45, 7) is 0.857. The molecule has 0 aliphatic heterocycles. The summed E-state index contributed by atoms with van der Waals surface area (Å²) >= 11 is 0. The van der Waals surface area contributed by atoms with Gasteiger partial charge in [0.1, 0.15) is 0 Å². The lowest BCUT2D eigenvalue weighted by Crippen LogP contribution is -2.11. The van der Waals surface area contributed by atoms with Crippen molar-refractivity contribution < 1.29 is 0 Å². The Bertz CT molecular complexity index is 338. The highest BCUT2D eigenvalue weighted by Crippen LogP contribution is 1.98. The Morgan fingerprint density at radius 2 is 1.62 bits per heavy atom. The molecule has 0 aliphatic rings. The third-order valence-electron chi connectivity index (χ3n) is 1.91. The van der Waals surface area contributed by atoms with Crippen LogP contribution in [-0.4, -0.2) is 4.68 Å². The molecular formula is C11H12N2. The van der Waals surface area contributed by atoms with Gasteiger partial charge in [0, 0.05) is 12.4 Å². The van der Waals surface area contributed by atoms with Gasteiger partial charge in [-0.3, -0.25) is 4.68 Å². The van der Waals surface area contributed by atoms with Crippen LogP contribution < -0.4 is 5.43 Å². The average Bonchev–Trinajstić information content (AvgIpc) is 2.69. The fourth-order valence-electron chi connectivity index (χ4n) is 1.22. The number of hydrogen-bond donors (Lipinski definition) is 1. The van der Waals surface area contributed by atoms with E-state index in [1.165, 1.54) is 5.56 Å². The van der Waals surface area contributed by atoms with Crippen molar-refractivity contribution in [3.05, 3.63) is 60.4 Å². The second-order valence-corrected chi connectivity index (χ2v) is 2.91. The molecule has 0 atom stereocenters. The molecule has 0 amide bonds. The van der Waals surface area contributed by atoms with E-state index in [9.17, 15) is 0 Å². The lowest BCUT2D eigenvalue weighted by molar-refractivity contribution is 0.847. The molecule has 13 heavy (non-hydrogen) atoms. The van der Waals surface area contributed by atoms with Crippen LogP contribution in [0, 0.1) is 0 Å². The molecule has 66 valence electrons. The van der Waals surface area contributed by atoms with Gasteiger partial charge in [-0.2, -0.15) is 0 Å². The summed E-state index contributed by atoms with van der Waals surface area (Å²) in [4.78, 5) is 0. The van der Waals surface area contributed by atoms with Crippen LogP contribution in [0.5, 0.6) is 0 Å². The van der Waals surface area contributed by atoms with Crippen molar-refractivity contribution in [3.63, 3.8) is 0 Å². The number of hydrogen-bond acceptors (Lipinski definition) is 1. The van der Waals surface area contributed by atoms with E-state index >= 15 is 0 Å². The van der Waals surface area contributed by atoms with Crippen LogP contribution in [0.3, 0.4) is 0 Å². The Kier molecular flexibility index (Phi) is 2.32. The minimum atomic E-state index is 0.857. The summed E-state index contributed by atoms with van der Waals surface area (Å²) in [5.41, 5.74) is 4.55. The molecule has 0 bridgehead atoms. The van der Waals surface area contributed by atoms with Gasteiger partial charge < -0.3 is 5.43 Å². The monoisotopic (exact) mass is 172 g/mol. The van der Waals surface area contributed by atoms with E-state index in [-0.39, 0.29) is 0 Å². The number of nitrogens with one attached hydrogen (secondary N) is 1. The van der Waals surface area contributed by atoms with Gasteiger partial charge >= 0.3 is 0 Å². The molecule has 1 N–H and O–H groups in total. The average molecular weight is 172 g/mol. The molecule has 0 saturated carbocycles. The van der Waals surface area contributed by atoms with Crippen LogP contribution in [0.15, 0.2) is 54.9 Å². The van der Waals surface area contributed by atoms with Gasteiger partial charge in [-0.15, -0.1) is 0 Å². The first-order valence-corrected chi connectivity index (χ1v) is 4.36. The summed E-state index contributed by atoms with van der Waals surface area (Å²) in [7, 11) is 0. The highest BCUT2D eigenvalue weighted by molar-refractivity contribution is 5.15. The number of rotatable bonds is 3. The van der Waals surface area contributed by atoms with E-state index in [0.717, 1.165) is 6.54 Å². The Balaban J connectivity index is 1.94. The molecule has 1 aromatic heterocycles. The minimum absolute atomic E-state index is 0.857. The molecule has 0 radical (unpaired) electrons. The lowest BCUT2D eigenvalue weighted by Gasteiger charge is -2.06. The first-order valence-electron chi connectivity index (χ1n) is 4.36. The summed E-state index contributed by atoms with van der Waals surface area (Å²) < 4.78 is 1.95. The summed E-state index contributed by atoms with van der Waals surface area (Å²) in [6, 6.07) is 14.3. The predicted molar refractivity (Wildman–Crippen MR) is 53.9 cm³/mol. The molecule has 1 aromatic carbocycles. The number of nitrogens with zero attached hydrogens (tertiary/aromatic N) is 1. The van der Waals surface area contributed by atoms with Gasteiger partial charge in [0.15, 0.2) is 0 Å². The van der Waals surface area contributed by atoms with Crippen LogP contribution in [0.1, 0.15) is 5.56 Å². The maximum absolute atomic E-state index is 3.26. The van der Waals surface area contributed by atoms with Crippen molar-refractivity contribution in [1.82, 2.24) is 4.68 Å². The normalized spacial score (nSPS) is 9.85. The zero-order chi connectivity index (χ0) is 8.93. The summed E-state index contributed by atoms with van der Waals surface area (Å²) in [5, 5.41) is 0. The molecule has 2 aromatic rings. The molecule has 2 heteroatoms. The molecule has 2 nitrogen and oxygen atoms in total. The van der Waals surface area contributed by atoms with Crippen LogP contribution in [0.25, 0.3) is 0 Å². The van der Waals surface area contributed by atoms with Crippen molar-refractivity contribution in [2.45, 2.75) is 6.54 Å². The minimum Gasteiger partial charge on any atom is -0.322 e. The summed E-state index contributed by atoms with van der Waals surface area (Å²) in [6.07, 6.45) is 3.98. The van der Waals surface area contributed by atoms with Gasteiger partial charge in [0.05, 0.1) is 6.54 Å². The zero-order valence-corrected chi connectivity index (χ0v) is 7.35. The molecule has 0 aliphatic carbocycles. The highest BCUT2D eigenvalue weighted by atomic mass is 15.4. The van der Waals surface area contributed by atoms with Gasteiger partial charge in [-0.1, -0.05) is 30.3 Å². The maximum Gasteiger partial charge on any atom is 0.0564 e. The molecule has 0 spiro atoms. The maximum atomic E-state index is 3.26. The van der Waals surface area contributed by atoms with Gasteiger partial charge in [0.25, 0.3) is 0 Å². The first-order chi connectivity index (χ1) is 6.45. The van der Waals surface area contributed by atoms with E-state index < -0.39 is 0 Å². The third kappa shape index (κ3) is 2.12. The molecule has 2 rings (SSSR count). The molecule has 0 saturated heterocycles. The molecule has 0 fully saturated rings. The van der Waals surface area contributed by atoms with E-state index in [2.05, 4.69) is 17.6 Å². The van der Waals surface area contributed by atoms with E-state index in [1.807, 2.05) is 47.4 Å². The van der Waals surface area contributed by atoms with E-state index in [1.54, 1.807) is 0 Å². The fraction of sp³-hybridized carbons (Fsp3) is 0.0909. The van der Waals surface area contributed by atoms with Crippen molar-refractivity contribution in [2.24, 2.45) is 0 Å². The highest BCUT2D eigenvalue weighted by Gasteiger charge is 1.89. The molecule has 0 unspecified atom stereocenters. The SMILES string of the molecule is c1ccc(CNn2cccc2)cc1. The van der Waals surface area contributed by atoms with Crippen LogP contribution in [0.2, 0.25) is 0 Å². The van der Waals surface area contributed by atoms with Gasteiger partial charge in [-0.05, 0) is 17.7 Å². The Labute approximate surface area is 77.8 Å². The van der Waals surface area contributed by atoms with Crippen molar-refractivity contribution in [3.8, 4) is 0 Å². The Morgan fingerprint density at radius 1 is 0.923 bits per heavy atom. The van der Waals surface area contributed by atoms with Crippen LogP contribution in [-0.2, 0) is 6.54 Å². The van der Waals surface area contributed by atoms with Crippen LogP contribution >= 0.6 is 0 Å². The van der Waals surface area contributed by atoms with Crippen molar-refractivity contribution in [1.29, 1.82) is 0 Å². The van der Waals surface area contributed by atoms with E-state index in [0.29, 0.717) is 0 Å². The molecular weight excluding hydrogens is 160 g/mol. The van der Waals surface area contributed by atoms with Gasteiger partial charge in [0.2, 0.25) is 0 Å². The Hall–Kier alpha value is -1.70. The standard InChI is InChI=1S/C11H12N2/c1-2-6-11(7-3-1)10-12-13-8-4-5-9-13/h1-9,12H,10H2. The third-order valence-corrected chi connectivity index (χ3v) is 1.91. The van der Waals surface area contributed by atoms with Gasteiger partial charge in [-0.25, -0.2) is 0 Å². The van der Waals surface area contributed by atoms with Crippen LogP contribution in [0.4, 0.5) is 0 Å². The number of benzene rings is 1. The topological polar surface area (TPSA) is 17.0 Å². The van der Waals surface area contributed by atoms with Crippen molar-refractivity contribution >= 4 is 0 Å². The summed E-state index contributed by atoms with van der Waals surface area (Å²) in [5.74, 6) is 0. The molecule has 1 heterocycles. The Morgan fingerprint density at radius 3 is 2.31 bits per heavy atom. The lowest BCUT2D eigenvalue weighted by atomic mass is 10.2. The fourth-order valence-corrected chi connectivity index (χ4v) is 1.22. The number of aromatic nitrogens is 1. The smallest absolute Gasteiger partial charge is 0.0564 e. The first kappa shape index (κ1) is 7.92.